The minimum absolute atomic E-state index is 0.0725. The van der Waals surface area contributed by atoms with E-state index in [1.54, 1.807) is 28.4 Å². The zero-order chi connectivity index (χ0) is 24.5. The van der Waals surface area contributed by atoms with Gasteiger partial charge in [0.15, 0.2) is 11.5 Å². The largest absolute Gasteiger partial charge is 0.454 e. The first-order chi connectivity index (χ1) is 17.6. The summed E-state index contributed by atoms with van der Waals surface area (Å²) in [4.78, 5) is 31.8. The van der Waals surface area contributed by atoms with Crippen LogP contribution in [0.1, 0.15) is 12.0 Å². The molecule has 0 aliphatic carbocycles. The monoisotopic (exact) mass is 497 g/mol. The van der Waals surface area contributed by atoms with Gasteiger partial charge in [0.25, 0.3) is 0 Å². The van der Waals surface area contributed by atoms with Gasteiger partial charge in [-0.3, -0.25) is 9.59 Å². The number of nitrogens with zero attached hydrogens (tertiary/aromatic N) is 2. The van der Waals surface area contributed by atoms with Gasteiger partial charge in [-0.25, -0.2) is 4.98 Å². The fraction of sp³-hybridized carbons (Fsp3) is 0.179. The van der Waals surface area contributed by atoms with E-state index in [0.29, 0.717) is 30.3 Å². The van der Waals surface area contributed by atoms with Crippen LogP contribution in [0.4, 0.5) is 5.69 Å². The summed E-state index contributed by atoms with van der Waals surface area (Å²) in [7, 11) is 0. The average Bonchev–Trinajstić information content (AvgIpc) is 3.67. The second-order valence-corrected chi connectivity index (χ2v) is 9.62. The third-order valence-electron chi connectivity index (χ3n) is 6.41. The second-order valence-electron chi connectivity index (χ2n) is 8.76. The minimum Gasteiger partial charge on any atom is -0.454 e. The van der Waals surface area contributed by atoms with Crippen molar-refractivity contribution in [1.82, 2.24) is 10.3 Å². The molecule has 1 atom stereocenters. The van der Waals surface area contributed by atoms with Crippen molar-refractivity contribution < 1.29 is 19.1 Å². The summed E-state index contributed by atoms with van der Waals surface area (Å²) in [5.41, 5.74) is 4.81. The highest BCUT2D eigenvalue weighted by Crippen LogP contribution is 2.37. The maximum absolute atomic E-state index is 12.8. The number of nitrogens with one attached hydrogen (secondary N) is 1. The number of fused-ring (bicyclic) bond motifs is 1. The lowest BCUT2D eigenvalue weighted by Crippen LogP contribution is -2.32. The Hall–Kier alpha value is -4.17. The summed E-state index contributed by atoms with van der Waals surface area (Å²) in [6.07, 6.45) is 0.188. The number of benzene rings is 3. The SMILES string of the molecule is O=C(NCc1ccc(-c2nc(-c3ccccc3)cs2)cc1)C1CC(=O)N(c2ccc3c(c2)OCO3)C1. The van der Waals surface area contributed by atoms with Crippen LogP contribution in [0.3, 0.4) is 0 Å². The highest BCUT2D eigenvalue weighted by atomic mass is 32.1. The highest BCUT2D eigenvalue weighted by molar-refractivity contribution is 7.13. The minimum atomic E-state index is -0.395. The van der Waals surface area contributed by atoms with Crippen LogP contribution in [-0.4, -0.2) is 30.1 Å². The maximum atomic E-state index is 12.8. The van der Waals surface area contributed by atoms with Crippen molar-refractivity contribution in [2.45, 2.75) is 13.0 Å². The van der Waals surface area contributed by atoms with Gasteiger partial charge in [0, 0.05) is 47.8 Å². The Balaban J connectivity index is 1.06. The van der Waals surface area contributed by atoms with Gasteiger partial charge in [0.05, 0.1) is 11.6 Å². The fourth-order valence-corrected chi connectivity index (χ4v) is 5.27. The molecule has 0 bridgehead atoms. The molecule has 1 aromatic heterocycles. The van der Waals surface area contributed by atoms with E-state index < -0.39 is 5.92 Å². The van der Waals surface area contributed by atoms with Crippen LogP contribution in [0, 0.1) is 5.92 Å². The number of thiazole rings is 1. The number of carbonyl (C=O) groups excluding carboxylic acids is 2. The number of hydrogen-bond acceptors (Lipinski definition) is 6. The number of rotatable bonds is 6. The van der Waals surface area contributed by atoms with Gasteiger partial charge < -0.3 is 19.7 Å². The van der Waals surface area contributed by atoms with E-state index in [0.717, 1.165) is 27.4 Å². The van der Waals surface area contributed by atoms with E-state index >= 15 is 0 Å². The Labute approximate surface area is 212 Å². The average molecular weight is 498 g/mol. The molecule has 2 amide bonds. The molecule has 0 radical (unpaired) electrons. The topological polar surface area (TPSA) is 80.8 Å². The Morgan fingerprint density at radius 2 is 1.81 bits per heavy atom. The summed E-state index contributed by atoms with van der Waals surface area (Å²) in [5.74, 6) is 0.691. The first-order valence-corrected chi connectivity index (χ1v) is 12.6. The van der Waals surface area contributed by atoms with Gasteiger partial charge in [0.2, 0.25) is 18.6 Å². The Morgan fingerprint density at radius 3 is 2.64 bits per heavy atom. The molecule has 6 rings (SSSR count). The Kier molecular flexibility index (Phi) is 5.87. The van der Waals surface area contributed by atoms with Crippen molar-refractivity contribution >= 4 is 28.8 Å². The predicted molar refractivity (Wildman–Crippen MR) is 138 cm³/mol. The number of aromatic nitrogens is 1. The molecular weight excluding hydrogens is 474 g/mol. The Bertz CT molecular complexity index is 1420. The van der Waals surface area contributed by atoms with E-state index in [1.807, 2.05) is 48.5 Å². The molecule has 2 aliphatic heterocycles. The normalized spacial score (nSPS) is 16.4. The standard InChI is InChI=1S/C28H23N3O4S/c32-26-12-21(15-31(26)22-10-11-24-25(13-22)35-17-34-24)27(33)29-14-18-6-8-20(9-7-18)28-30-23(16-36-28)19-4-2-1-3-5-19/h1-11,13,16,21H,12,14-15,17H2,(H,29,33). The van der Waals surface area contributed by atoms with Crippen molar-refractivity contribution in [3.8, 4) is 33.3 Å². The van der Waals surface area contributed by atoms with Crippen molar-refractivity contribution in [3.63, 3.8) is 0 Å². The lowest BCUT2D eigenvalue weighted by atomic mass is 10.1. The summed E-state index contributed by atoms with van der Waals surface area (Å²) in [5, 5.41) is 6.00. The van der Waals surface area contributed by atoms with Crippen LogP contribution in [0.2, 0.25) is 0 Å². The highest BCUT2D eigenvalue weighted by Gasteiger charge is 2.35. The lowest BCUT2D eigenvalue weighted by molar-refractivity contribution is -0.126. The van der Waals surface area contributed by atoms with Crippen LogP contribution in [-0.2, 0) is 16.1 Å². The molecule has 36 heavy (non-hydrogen) atoms. The van der Waals surface area contributed by atoms with E-state index in [1.165, 1.54) is 0 Å². The molecule has 4 aromatic rings. The van der Waals surface area contributed by atoms with Gasteiger partial charge in [-0.1, -0.05) is 54.6 Å². The van der Waals surface area contributed by atoms with E-state index in [4.69, 9.17) is 14.5 Å². The molecule has 3 heterocycles. The molecule has 180 valence electrons. The zero-order valence-corrected chi connectivity index (χ0v) is 20.2. The maximum Gasteiger partial charge on any atom is 0.231 e. The summed E-state index contributed by atoms with van der Waals surface area (Å²) >= 11 is 1.61. The van der Waals surface area contributed by atoms with Gasteiger partial charge in [-0.05, 0) is 17.7 Å². The second kappa shape index (κ2) is 9.47. The lowest BCUT2D eigenvalue weighted by Gasteiger charge is -2.17. The molecular formula is C28H23N3O4S. The van der Waals surface area contributed by atoms with Crippen LogP contribution >= 0.6 is 11.3 Å². The molecule has 0 spiro atoms. The van der Waals surface area contributed by atoms with Crippen LogP contribution in [0.25, 0.3) is 21.8 Å². The van der Waals surface area contributed by atoms with Gasteiger partial charge in [0.1, 0.15) is 5.01 Å². The molecule has 1 saturated heterocycles. The molecule has 1 N–H and O–H groups in total. The smallest absolute Gasteiger partial charge is 0.231 e. The zero-order valence-electron chi connectivity index (χ0n) is 19.3. The molecule has 0 saturated carbocycles. The van der Waals surface area contributed by atoms with Crippen molar-refractivity contribution in [2.24, 2.45) is 5.92 Å². The van der Waals surface area contributed by atoms with Gasteiger partial charge in [-0.2, -0.15) is 0 Å². The predicted octanol–water partition coefficient (Wildman–Crippen LogP) is 4.88. The molecule has 2 aliphatic rings. The van der Waals surface area contributed by atoms with Crippen LogP contribution < -0.4 is 19.7 Å². The van der Waals surface area contributed by atoms with Crippen LogP contribution in [0.15, 0.2) is 78.2 Å². The first kappa shape index (κ1) is 22.3. The fourth-order valence-electron chi connectivity index (χ4n) is 4.43. The number of amides is 2. The molecule has 7 nitrogen and oxygen atoms in total. The first-order valence-electron chi connectivity index (χ1n) is 11.7. The number of hydrogen-bond donors (Lipinski definition) is 1. The third-order valence-corrected chi connectivity index (χ3v) is 7.30. The van der Waals surface area contributed by atoms with Crippen molar-refractivity contribution in [2.75, 3.05) is 18.2 Å². The van der Waals surface area contributed by atoms with Gasteiger partial charge in [-0.15, -0.1) is 11.3 Å². The summed E-state index contributed by atoms with van der Waals surface area (Å²) in [6.45, 7) is 0.926. The van der Waals surface area contributed by atoms with E-state index in [2.05, 4.69) is 22.8 Å². The number of ether oxygens (including phenoxy) is 2. The third kappa shape index (κ3) is 4.43. The molecule has 8 heteroatoms. The molecule has 3 aromatic carbocycles. The van der Waals surface area contributed by atoms with Gasteiger partial charge >= 0.3 is 0 Å². The number of anilines is 1. The summed E-state index contributed by atoms with van der Waals surface area (Å²) < 4.78 is 10.7. The molecule has 1 unspecified atom stereocenters. The van der Waals surface area contributed by atoms with Crippen molar-refractivity contribution in [1.29, 1.82) is 0 Å². The van der Waals surface area contributed by atoms with Crippen LogP contribution in [0.5, 0.6) is 11.5 Å². The Morgan fingerprint density at radius 1 is 1.00 bits per heavy atom. The summed E-state index contributed by atoms with van der Waals surface area (Å²) in [6, 6.07) is 23.5. The van der Waals surface area contributed by atoms with E-state index in [9.17, 15) is 9.59 Å². The van der Waals surface area contributed by atoms with E-state index in [-0.39, 0.29) is 25.0 Å². The van der Waals surface area contributed by atoms with Crippen molar-refractivity contribution in [3.05, 3.63) is 83.7 Å². The quantitative estimate of drug-likeness (QED) is 0.411. The molecule has 1 fully saturated rings. The number of carbonyl (C=O) groups is 2.